The fraction of sp³-hybridized carbons (Fsp3) is 0.190. The van der Waals surface area contributed by atoms with Crippen LogP contribution in [0.4, 0.5) is 5.69 Å². The quantitative estimate of drug-likeness (QED) is 0.219. The number of carbonyl (C=O) groups is 2. The van der Waals surface area contributed by atoms with E-state index < -0.39 is 12.1 Å². The highest BCUT2D eigenvalue weighted by molar-refractivity contribution is 9.10. The second kappa shape index (κ2) is 8.80. The van der Waals surface area contributed by atoms with E-state index in [4.69, 9.17) is 4.74 Å². The van der Waals surface area contributed by atoms with Gasteiger partial charge in [-0.1, -0.05) is 27.7 Å². The molecule has 1 aliphatic rings. The molecule has 0 aliphatic carbocycles. The van der Waals surface area contributed by atoms with Crippen LogP contribution in [0.1, 0.15) is 25.6 Å². The lowest BCUT2D eigenvalue weighted by atomic mass is 10.0. The molecule has 1 unspecified atom stereocenters. The molecule has 0 radical (unpaired) electrons. The maximum Gasteiger partial charge on any atom is 0.325 e. The number of hydrogen-bond donors (Lipinski definition) is 1. The van der Waals surface area contributed by atoms with Crippen LogP contribution in [0.15, 0.2) is 55.3 Å². The minimum absolute atomic E-state index is 0.218. The van der Waals surface area contributed by atoms with Gasteiger partial charge < -0.3 is 4.74 Å². The first-order chi connectivity index (χ1) is 15.2. The number of esters is 1. The van der Waals surface area contributed by atoms with Crippen molar-refractivity contribution in [3.05, 3.63) is 61.3 Å². The van der Waals surface area contributed by atoms with Gasteiger partial charge in [-0.3, -0.25) is 19.4 Å². The normalized spacial score (nSPS) is 14.5. The Balaban J connectivity index is 2.02. The molecule has 1 atom stereocenters. The van der Waals surface area contributed by atoms with Gasteiger partial charge in [0.05, 0.1) is 15.7 Å². The highest BCUT2D eigenvalue weighted by atomic mass is 79.9. The van der Waals surface area contributed by atoms with Gasteiger partial charge in [-0.15, -0.1) is 0 Å². The van der Waals surface area contributed by atoms with E-state index in [0.29, 0.717) is 37.9 Å². The third-order valence-corrected chi connectivity index (χ3v) is 6.54. The SMILES string of the molecule is CSc1n[n+]2c(c(=O)[nH]1)-c1cc(Br)ccc1N(C(C)=O)C2c1ccc(OC(C)=O)c(Br)c1. The molecule has 0 spiro atoms. The Hall–Kier alpha value is -2.50. The Kier molecular flexibility index (Phi) is 6.24. The lowest BCUT2D eigenvalue weighted by Crippen LogP contribution is -2.60. The first kappa shape index (κ1) is 22.7. The number of amides is 1. The van der Waals surface area contributed by atoms with E-state index in [9.17, 15) is 14.4 Å². The van der Waals surface area contributed by atoms with E-state index in [1.165, 1.54) is 25.6 Å². The molecule has 0 saturated heterocycles. The summed E-state index contributed by atoms with van der Waals surface area (Å²) in [4.78, 5) is 41.7. The molecule has 0 bridgehead atoms. The summed E-state index contributed by atoms with van der Waals surface area (Å²) in [5.41, 5.74) is 1.88. The molecule has 0 saturated carbocycles. The van der Waals surface area contributed by atoms with Crippen molar-refractivity contribution in [3.63, 3.8) is 0 Å². The molecular formula is C21H17Br2N4O4S+. The first-order valence-electron chi connectivity index (χ1n) is 9.39. The van der Waals surface area contributed by atoms with Crippen LogP contribution in [0.5, 0.6) is 5.75 Å². The average Bonchev–Trinajstić information content (AvgIpc) is 2.73. The van der Waals surface area contributed by atoms with Crippen molar-refractivity contribution in [2.24, 2.45) is 0 Å². The van der Waals surface area contributed by atoms with Crippen LogP contribution in [0.2, 0.25) is 0 Å². The van der Waals surface area contributed by atoms with Crippen molar-refractivity contribution in [1.82, 2.24) is 10.1 Å². The van der Waals surface area contributed by atoms with Crippen molar-refractivity contribution >= 4 is 61.2 Å². The Morgan fingerprint density at radius 2 is 1.94 bits per heavy atom. The topological polar surface area (TPSA) is 96.2 Å². The fourth-order valence-corrected chi connectivity index (χ4v) is 4.85. The molecule has 1 N–H and O–H groups in total. The maximum atomic E-state index is 13.1. The fourth-order valence-electron chi connectivity index (χ4n) is 3.64. The molecule has 32 heavy (non-hydrogen) atoms. The number of fused-ring (bicyclic) bond motifs is 3. The van der Waals surface area contributed by atoms with Crippen LogP contribution >= 0.6 is 43.6 Å². The number of aromatic amines is 1. The third kappa shape index (κ3) is 4.00. The average molecular weight is 581 g/mol. The zero-order valence-corrected chi connectivity index (χ0v) is 21.2. The zero-order chi connectivity index (χ0) is 23.2. The van der Waals surface area contributed by atoms with Gasteiger partial charge in [0.2, 0.25) is 11.1 Å². The van der Waals surface area contributed by atoms with Crippen molar-refractivity contribution < 1.29 is 19.0 Å². The van der Waals surface area contributed by atoms with Gasteiger partial charge >= 0.3 is 17.2 Å². The van der Waals surface area contributed by atoms with Gasteiger partial charge in [-0.05, 0) is 63.3 Å². The Morgan fingerprint density at radius 3 is 2.56 bits per heavy atom. The number of rotatable bonds is 3. The summed E-state index contributed by atoms with van der Waals surface area (Å²) in [6.07, 6.45) is 1.08. The molecule has 1 aliphatic heterocycles. The summed E-state index contributed by atoms with van der Waals surface area (Å²) in [7, 11) is 0. The monoisotopic (exact) mass is 579 g/mol. The number of benzene rings is 2. The number of nitrogens with one attached hydrogen (secondary N) is 1. The number of carbonyl (C=O) groups excluding carboxylic acids is 2. The number of hydrogen-bond acceptors (Lipinski definition) is 6. The number of halogens is 2. The van der Waals surface area contributed by atoms with Gasteiger partial charge in [0, 0.05) is 29.0 Å². The first-order valence-corrected chi connectivity index (χ1v) is 12.2. The Labute approximate surface area is 204 Å². The zero-order valence-electron chi connectivity index (χ0n) is 17.2. The van der Waals surface area contributed by atoms with Crippen LogP contribution in [0.25, 0.3) is 11.3 Å². The summed E-state index contributed by atoms with van der Waals surface area (Å²) < 4.78 is 8.07. The molecule has 0 fully saturated rings. The van der Waals surface area contributed by atoms with Gasteiger partial charge in [0.15, 0.2) is 0 Å². The van der Waals surface area contributed by atoms with Crippen molar-refractivity contribution in [2.45, 2.75) is 25.2 Å². The van der Waals surface area contributed by atoms with Crippen LogP contribution < -0.4 is 19.9 Å². The summed E-state index contributed by atoms with van der Waals surface area (Å²) >= 11 is 8.18. The van der Waals surface area contributed by atoms with E-state index >= 15 is 0 Å². The molecule has 2 heterocycles. The Morgan fingerprint density at radius 1 is 1.19 bits per heavy atom. The van der Waals surface area contributed by atoms with Gasteiger partial charge in [0.25, 0.3) is 6.17 Å². The highest BCUT2D eigenvalue weighted by Crippen LogP contribution is 2.40. The van der Waals surface area contributed by atoms with E-state index in [1.54, 1.807) is 46.2 Å². The van der Waals surface area contributed by atoms with E-state index in [1.807, 2.05) is 6.07 Å². The molecule has 2 aromatic carbocycles. The third-order valence-electron chi connectivity index (χ3n) is 4.85. The van der Waals surface area contributed by atoms with Gasteiger partial charge in [-0.2, -0.15) is 0 Å². The predicted octanol–water partition coefficient (Wildman–Crippen LogP) is 3.81. The lowest BCUT2D eigenvalue weighted by Gasteiger charge is -2.31. The minimum Gasteiger partial charge on any atom is -0.426 e. The molecule has 4 rings (SSSR count). The second-order valence-electron chi connectivity index (χ2n) is 6.96. The number of thioether (sulfide) groups is 1. The van der Waals surface area contributed by atoms with Crippen LogP contribution in [0, 0.1) is 0 Å². The summed E-state index contributed by atoms with van der Waals surface area (Å²) in [5, 5.41) is 5.04. The Bertz CT molecular complexity index is 1330. The minimum atomic E-state index is -0.730. The number of ether oxygens (including phenoxy) is 1. The van der Waals surface area contributed by atoms with E-state index in [-0.39, 0.29) is 11.5 Å². The molecule has 3 aromatic rings. The summed E-state index contributed by atoms with van der Waals surface area (Å²) in [5.74, 6) is -0.312. The second-order valence-corrected chi connectivity index (χ2v) is 9.53. The van der Waals surface area contributed by atoms with E-state index in [0.717, 1.165) is 4.47 Å². The van der Waals surface area contributed by atoms with Crippen LogP contribution in [0.3, 0.4) is 0 Å². The maximum absolute atomic E-state index is 13.1. The van der Waals surface area contributed by atoms with Gasteiger partial charge in [-0.25, -0.2) is 4.90 Å². The highest BCUT2D eigenvalue weighted by Gasteiger charge is 2.45. The van der Waals surface area contributed by atoms with Crippen molar-refractivity contribution in [3.8, 4) is 17.0 Å². The van der Waals surface area contributed by atoms with Crippen LogP contribution in [-0.2, 0) is 9.59 Å². The smallest absolute Gasteiger partial charge is 0.325 e. The molecule has 164 valence electrons. The van der Waals surface area contributed by atoms with Crippen molar-refractivity contribution in [1.29, 1.82) is 0 Å². The van der Waals surface area contributed by atoms with Gasteiger partial charge in [0.1, 0.15) is 5.75 Å². The lowest BCUT2D eigenvalue weighted by molar-refractivity contribution is -0.763. The van der Waals surface area contributed by atoms with E-state index in [2.05, 4.69) is 41.9 Å². The number of anilines is 1. The molecule has 1 amide bonds. The number of H-pyrrole nitrogens is 1. The number of nitrogens with zero attached hydrogens (tertiary/aromatic N) is 3. The molecule has 11 heteroatoms. The largest absolute Gasteiger partial charge is 0.426 e. The molecule has 1 aromatic heterocycles. The summed E-state index contributed by atoms with van der Waals surface area (Å²) in [6, 6.07) is 10.5. The predicted molar refractivity (Wildman–Crippen MR) is 127 cm³/mol. The summed E-state index contributed by atoms with van der Waals surface area (Å²) in [6.45, 7) is 2.79. The molecule has 8 nitrogen and oxygen atoms in total. The van der Waals surface area contributed by atoms with Crippen LogP contribution in [-0.4, -0.2) is 28.2 Å². The number of aromatic nitrogens is 3. The standard InChI is InChI=1S/C21H16Br2N4O4S/c1-10(28)26-16-6-5-13(22)9-14(16)18-19(30)24-21(32-3)25-27(18)20(26)12-4-7-17(15(23)8-12)31-11(2)29/h4-9,20H,1-3H3/p+1. The molecular weight excluding hydrogens is 564 g/mol. The van der Waals surface area contributed by atoms with Crippen molar-refractivity contribution in [2.75, 3.05) is 11.2 Å².